The fourth-order valence-corrected chi connectivity index (χ4v) is 2.14. The van der Waals surface area contributed by atoms with E-state index in [9.17, 15) is 4.79 Å². The second-order valence-electron chi connectivity index (χ2n) is 4.11. The Hall–Kier alpha value is -1.36. The van der Waals surface area contributed by atoms with Gasteiger partial charge in [-0.05, 0) is 12.8 Å². The fourth-order valence-electron chi connectivity index (χ4n) is 1.97. The van der Waals surface area contributed by atoms with E-state index in [1.165, 1.54) is 18.9 Å². The van der Waals surface area contributed by atoms with Gasteiger partial charge in [0.05, 0.1) is 0 Å². The second-order valence-corrected chi connectivity index (χ2v) is 4.47. The summed E-state index contributed by atoms with van der Waals surface area (Å²) in [5, 5.41) is 16.6. The molecule has 0 spiro atoms. The highest BCUT2D eigenvalue weighted by molar-refractivity contribution is 6.32. The molecule has 0 aliphatic carbocycles. The van der Waals surface area contributed by atoms with Gasteiger partial charge in [0.25, 0.3) is 0 Å². The first-order valence-electron chi connectivity index (χ1n) is 5.70. The predicted molar refractivity (Wildman–Crippen MR) is 64.7 cm³/mol. The molecule has 0 radical (unpaired) electrons. The van der Waals surface area contributed by atoms with Crippen LogP contribution in [0.2, 0.25) is 5.15 Å². The maximum atomic E-state index is 11.0. The lowest BCUT2D eigenvalue weighted by atomic mass is 10.2. The normalized spacial score (nSPS) is 16.6. The monoisotopic (exact) mass is 255 g/mol. The van der Waals surface area contributed by atoms with Gasteiger partial charge in [-0.2, -0.15) is 0 Å². The molecule has 1 aliphatic rings. The molecule has 0 amide bonds. The van der Waals surface area contributed by atoms with Crippen molar-refractivity contribution in [3.63, 3.8) is 0 Å². The van der Waals surface area contributed by atoms with E-state index in [4.69, 9.17) is 16.7 Å². The number of hydrogen-bond donors (Lipinski definition) is 1. The lowest BCUT2D eigenvalue weighted by molar-refractivity contribution is 0.0696. The zero-order chi connectivity index (χ0) is 12.3. The summed E-state index contributed by atoms with van der Waals surface area (Å²) in [6, 6.07) is 1.50. The number of rotatable bonds is 2. The van der Waals surface area contributed by atoms with Gasteiger partial charge in [0.1, 0.15) is 5.56 Å². The van der Waals surface area contributed by atoms with E-state index in [1.807, 2.05) is 0 Å². The van der Waals surface area contributed by atoms with Crippen molar-refractivity contribution >= 4 is 23.4 Å². The van der Waals surface area contributed by atoms with Crippen LogP contribution < -0.4 is 4.90 Å². The summed E-state index contributed by atoms with van der Waals surface area (Å²) in [4.78, 5) is 13.0. The molecule has 1 saturated heterocycles. The quantitative estimate of drug-likeness (QED) is 0.878. The molecule has 0 bridgehead atoms. The molecular formula is C11H14ClN3O2. The Morgan fingerprint density at radius 2 is 1.88 bits per heavy atom. The molecule has 0 aromatic carbocycles. The lowest BCUT2D eigenvalue weighted by Gasteiger charge is -2.20. The average Bonchev–Trinajstić information content (AvgIpc) is 2.58. The summed E-state index contributed by atoms with van der Waals surface area (Å²) in [6.07, 6.45) is 4.63. The van der Waals surface area contributed by atoms with E-state index in [0.29, 0.717) is 5.82 Å². The lowest BCUT2D eigenvalue weighted by Crippen LogP contribution is -2.25. The van der Waals surface area contributed by atoms with Crippen LogP contribution in [0.3, 0.4) is 0 Å². The first-order chi connectivity index (χ1) is 8.18. The first-order valence-corrected chi connectivity index (χ1v) is 6.08. The molecule has 2 heterocycles. The zero-order valence-corrected chi connectivity index (χ0v) is 10.2. The zero-order valence-electron chi connectivity index (χ0n) is 9.40. The summed E-state index contributed by atoms with van der Waals surface area (Å²) in [6.45, 7) is 1.80. The van der Waals surface area contributed by atoms with Crippen molar-refractivity contribution in [2.24, 2.45) is 0 Å². The maximum absolute atomic E-state index is 11.0. The molecule has 1 aromatic heterocycles. The van der Waals surface area contributed by atoms with E-state index in [2.05, 4.69) is 15.1 Å². The second kappa shape index (κ2) is 5.31. The summed E-state index contributed by atoms with van der Waals surface area (Å²) in [5.41, 5.74) is 0.0147. The number of hydrogen-bond acceptors (Lipinski definition) is 4. The number of carbonyl (C=O) groups is 1. The summed E-state index contributed by atoms with van der Waals surface area (Å²) in [7, 11) is 0. The van der Waals surface area contributed by atoms with Crippen LogP contribution in [0.15, 0.2) is 6.07 Å². The summed E-state index contributed by atoms with van der Waals surface area (Å²) >= 11 is 5.69. The van der Waals surface area contributed by atoms with Crippen LogP contribution in [0.1, 0.15) is 36.0 Å². The fraction of sp³-hybridized carbons (Fsp3) is 0.545. The van der Waals surface area contributed by atoms with Crippen molar-refractivity contribution < 1.29 is 9.90 Å². The number of aromatic nitrogens is 2. The average molecular weight is 256 g/mol. The number of carboxylic acids is 1. The van der Waals surface area contributed by atoms with E-state index in [-0.39, 0.29) is 10.7 Å². The summed E-state index contributed by atoms with van der Waals surface area (Å²) < 4.78 is 0. The highest BCUT2D eigenvalue weighted by atomic mass is 35.5. The SMILES string of the molecule is O=C(O)c1cc(N2CCCCCC2)nnc1Cl. The van der Waals surface area contributed by atoms with E-state index in [1.54, 1.807) is 0 Å². The van der Waals surface area contributed by atoms with Crippen LogP contribution in [-0.2, 0) is 0 Å². The van der Waals surface area contributed by atoms with Gasteiger partial charge in [0, 0.05) is 19.2 Å². The molecule has 5 nitrogen and oxygen atoms in total. The number of anilines is 1. The predicted octanol–water partition coefficient (Wildman–Crippen LogP) is 2.21. The van der Waals surface area contributed by atoms with Crippen molar-refractivity contribution in [1.82, 2.24) is 10.2 Å². The third-order valence-corrected chi connectivity index (χ3v) is 3.18. The third kappa shape index (κ3) is 2.85. The van der Waals surface area contributed by atoms with E-state index < -0.39 is 5.97 Å². The standard InChI is InChI=1S/C11H14ClN3O2/c12-10-8(11(16)17)7-9(13-14-10)15-5-3-1-2-4-6-15/h7H,1-6H2,(H,16,17). The Labute approximate surface area is 104 Å². The summed E-state index contributed by atoms with van der Waals surface area (Å²) in [5.74, 6) is -0.463. The van der Waals surface area contributed by atoms with Crippen LogP contribution in [0.25, 0.3) is 0 Å². The Balaban J connectivity index is 2.25. The van der Waals surface area contributed by atoms with Gasteiger partial charge in [-0.1, -0.05) is 24.4 Å². The van der Waals surface area contributed by atoms with Gasteiger partial charge in [0.15, 0.2) is 11.0 Å². The van der Waals surface area contributed by atoms with Gasteiger partial charge in [-0.25, -0.2) is 4.79 Å². The topological polar surface area (TPSA) is 66.3 Å². The molecule has 0 atom stereocenters. The Morgan fingerprint density at radius 1 is 1.24 bits per heavy atom. The van der Waals surface area contributed by atoms with Gasteiger partial charge in [-0.3, -0.25) is 0 Å². The van der Waals surface area contributed by atoms with Crippen molar-refractivity contribution in [3.05, 3.63) is 16.8 Å². The van der Waals surface area contributed by atoms with Gasteiger partial charge in [-0.15, -0.1) is 10.2 Å². The number of aromatic carboxylic acids is 1. The van der Waals surface area contributed by atoms with Crippen LogP contribution in [0.4, 0.5) is 5.82 Å². The first kappa shape index (κ1) is 12.1. The minimum atomic E-state index is -1.07. The Morgan fingerprint density at radius 3 is 2.47 bits per heavy atom. The van der Waals surface area contributed by atoms with Gasteiger partial charge < -0.3 is 10.0 Å². The molecule has 1 aromatic rings. The molecule has 0 unspecified atom stereocenters. The third-order valence-electron chi connectivity index (χ3n) is 2.90. The van der Waals surface area contributed by atoms with Crippen molar-refractivity contribution in [2.75, 3.05) is 18.0 Å². The van der Waals surface area contributed by atoms with Crippen molar-refractivity contribution in [2.45, 2.75) is 25.7 Å². The molecule has 17 heavy (non-hydrogen) atoms. The van der Waals surface area contributed by atoms with Crippen molar-refractivity contribution in [3.8, 4) is 0 Å². The highest BCUT2D eigenvalue weighted by Crippen LogP contribution is 2.21. The number of halogens is 1. The van der Waals surface area contributed by atoms with Crippen LogP contribution in [0.5, 0.6) is 0 Å². The highest BCUT2D eigenvalue weighted by Gasteiger charge is 2.16. The molecule has 0 saturated carbocycles. The minimum absolute atomic E-state index is 0.0147. The van der Waals surface area contributed by atoms with E-state index in [0.717, 1.165) is 25.9 Å². The van der Waals surface area contributed by atoms with E-state index >= 15 is 0 Å². The Bertz CT molecular complexity index is 417. The van der Waals surface area contributed by atoms with Crippen molar-refractivity contribution in [1.29, 1.82) is 0 Å². The van der Waals surface area contributed by atoms with Gasteiger partial charge >= 0.3 is 5.97 Å². The molecule has 1 N–H and O–H groups in total. The Kier molecular flexibility index (Phi) is 3.78. The molecule has 1 aliphatic heterocycles. The maximum Gasteiger partial charge on any atom is 0.339 e. The molecule has 6 heteroatoms. The number of nitrogens with zero attached hydrogens (tertiary/aromatic N) is 3. The molecule has 2 rings (SSSR count). The molecule has 92 valence electrons. The van der Waals surface area contributed by atoms with Crippen LogP contribution in [-0.4, -0.2) is 34.4 Å². The van der Waals surface area contributed by atoms with Crippen LogP contribution >= 0.6 is 11.6 Å². The largest absolute Gasteiger partial charge is 0.478 e. The molecular weight excluding hydrogens is 242 g/mol. The minimum Gasteiger partial charge on any atom is -0.478 e. The van der Waals surface area contributed by atoms with Crippen LogP contribution in [0, 0.1) is 0 Å². The smallest absolute Gasteiger partial charge is 0.339 e. The van der Waals surface area contributed by atoms with Gasteiger partial charge in [0.2, 0.25) is 0 Å². The number of carboxylic acid groups (broad SMARTS) is 1. The molecule has 1 fully saturated rings.